The third kappa shape index (κ3) is 2.87. The minimum absolute atomic E-state index is 0.223. The molecule has 22 heavy (non-hydrogen) atoms. The number of hydrogen-bond acceptors (Lipinski definition) is 2. The molecule has 3 rings (SSSR count). The van der Waals surface area contributed by atoms with E-state index < -0.39 is 0 Å². The van der Waals surface area contributed by atoms with Crippen LogP contribution in [0.4, 0.5) is 0 Å². The molecule has 0 radical (unpaired) electrons. The molecule has 4 nitrogen and oxygen atoms in total. The summed E-state index contributed by atoms with van der Waals surface area (Å²) >= 11 is 0. The van der Waals surface area contributed by atoms with E-state index in [-0.39, 0.29) is 5.91 Å². The standard InChI is InChI=1S/C18H25N3O/c1-3-20(15-9-5-4-6-10-15)18(22)13-21-14(2)19-16-11-7-8-12-17(16)21/h7-8,11-12,15H,3-6,9-10,13H2,1-2H3. The Morgan fingerprint density at radius 2 is 2.00 bits per heavy atom. The molecular weight excluding hydrogens is 274 g/mol. The molecule has 4 heteroatoms. The molecule has 1 fully saturated rings. The highest BCUT2D eigenvalue weighted by Gasteiger charge is 2.24. The fourth-order valence-electron chi connectivity index (χ4n) is 3.65. The van der Waals surface area contributed by atoms with Crippen LogP contribution < -0.4 is 0 Å². The van der Waals surface area contributed by atoms with Crippen molar-refractivity contribution in [3.63, 3.8) is 0 Å². The van der Waals surface area contributed by atoms with Gasteiger partial charge in [0.05, 0.1) is 11.0 Å². The monoisotopic (exact) mass is 299 g/mol. The Labute approximate surface area is 132 Å². The van der Waals surface area contributed by atoms with E-state index in [1.54, 1.807) is 0 Å². The number of carbonyl (C=O) groups is 1. The van der Waals surface area contributed by atoms with E-state index in [0.717, 1.165) is 36.2 Å². The Balaban J connectivity index is 1.80. The van der Waals surface area contributed by atoms with Gasteiger partial charge in [0.2, 0.25) is 5.91 Å². The predicted octanol–water partition coefficient (Wildman–Crippen LogP) is 3.53. The molecule has 0 N–H and O–H groups in total. The van der Waals surface area contributed by atoms with Crippen molar-refractivity contribution in [2.45, 2.75) is 58.5 Å². The van der Waals surface area contributed by atoms with Crippen LogP contribution in [0.25, 0.3) is 11.0 Å². The highest BCUT2D eigenvalue weighted by molar-refractivity contribution is 5.81. The highest BCUT2D eigenvalue weighted by Crippen LogP contribution is 2.23. The predicted molar refractivity (Wildman–Crippen MR) is 88.7 cm³/mol. The van der Waals surface area contributed by atoms with Crippen LogP contribution in [0.15, 0.2) is 24.3 Å². The maximum absolute atomic E-state index is 12.8. The van der Waals surface area contributed by atoms with E-state index in [1.165, 1.54) is 19.3 Å². The molecule has 0 unspecified atom stereocenters. The van der Waals surface area contributed by atoms with E-state index >= 15 is 0 Å². The number of aromatic nitrogens is 2. The molecule has 1 saturated carbocycles. The lowest BCUT2D eigenvalue weighted by Crippen LogP contribution is -2.43. The molecule has 1 aromatic heterocycles. The Morgan fingerprint density at radius 1 is 1.27 bits per heavy atom. The molecule has 1 amide bonds. The van der Waals surface area contributed by atoms with Gasteiger partial charge < -0.3 is 9.47 Å². The van der Waals surface area contributed by atoms with Crippen molar-refractivity contribution < 1.29 is 4.79 Å². The number of carbonyl (C=O) groups excluding carboxylic acids is 1. The van der Waals surface area contributed by atoms with Crippen molar-refractivity contribution in [1.29, 1.82) is 0 Å². The molecule has 0 atom stereocenters. The zero-order valence-corrected chi connectivity index (χ0v) is 13.6. The van der Waals surface area contributed by atoms with Crippen molar-refractivity contribution in [2.24, 2.45) is 0 Å². The van der Waals surface area contributed by atoms with Crippen LogP contribution in [0.3, 0.4) is 0 Å². The minimum atomic E-state index is 0.223. The van der Waals surface area contributed by atoms with Crippen molar-refractivity contribution in [3.8, 4) is 0 Å². The van der Waals surface area contributed by atoms with Gasteiger partial charge in [0.1, 0.15) is 12.4 Å². The first-order valence-corrected chi connectivity index (χ1v) is 8.42. The molecule has 118 valence electrons. The maximum Gasteiger partial charge on any atom is 0.242 e. The first-order chi connectivity index (χ1) is 10.7. The number of likely N-dealkylation sites (N-methyl/N-ethyl adjacent to an activating group) is 1. The molecule has 1 heterocycles. The summed E-state index contributed by atoms with van der Waals surface area (Å²) in [6.07, 6.45) is 6.13. The van der Waals surface area contributed by atoms with Gasteiger partial charge in [0, 0.05) is 12.6 Å². The van der Waals surface area contributed by atoms with Gasteiger partial charge in [-0.1, -0.05) is 31.4 Å². The number of benzene rings is 1. The summed E-state index contributed by atoms with van der Waals surface area (Å²) in [4.78, 5) is 19.4. The lowest BCUT2D eigenvalue weighted by molar-refractivity contribution is -0.134. The van der Waals surface area contributed by atoms with Crippen LogP contribution in [0.5, 0.6) is 0 Å². The summed E-state index contributed by atoms with van der Waals surface area (Å²) in [7, 11) is 0. The average molecular weight is 299 g/mol. The van der Waals surface area contributed by atoms with E-state index in [0.29, 0.717) is 12.6 Å². The average Bonchev–Trinajstić information content (AvgIpc) is 2.85. The fraction of sp³-hybridized carbons (Fsp3) is 0.556. The molecule has 0 aliphatic heterocycles. The largest absolute Gasteiger partial charge is 0.338 e. The summed E-state index contributed by atoms with van der Waals surface area (Å²) in [5, 5.41) is 0. The van der Waals surface area contributed by atoms with E-state index in [1.807, 2.05) is 35.8 Å². The summed E-state index contributed by atoms with van der Waals surface area (Å²) < 4.78 is 2.04. The Kier molecular flexibility index (Phi) is 4.46. The van der Waals surface area contributed by atoms with Crippen molar-refractivity contribution in [3.05, 3.63) is 30.1 Å². The van der Waals surface area contributed by atoms with Crippen LogP contribution in [-0.2, 0) is 11.3 Å². The zero-order valence-electron chi connectivity index (χ0n) is 13.6. The van der Waals surface area contributed by atoms with Crippen LogP contribution in [0.1, 0.15) is 44.9 Å². The van der Waals surface area contributed by atoms with E-state index in [4.69, 9.17) is 0 Å². The first-order valence-electron chi connectivity index (χ1n) is 8.42. The molecule has 1 aliphatic carbocycles. The van der Waals surface area contributed by atoms with E-state index in [9.17, 15) is 4.79 Å². The van der Waals surface area contributed by atoms with Crippen molar-refractivity contribution in [2.75, 3.05) is 6.54 Å². The molecule has 1 aromatic carbocycles. The van der Waals surface area contributed by atoms with E-state index in [2.05, 4.69) is 16.8 Å². The lowest BCUT2D eigenvalue weighted by atomic mass is 9.94. The van der Waals surface area contributed by atoms with Crippen molar-refractivity contribution in [1.82, 2.24) is 14.5 Å². The first kappa shape index (κ1) is 15.1. The molecule has 0 spiro atoms. The number of rotatable bonds is 4. The van der Waals surface area contributed by atoms with Gasteiger partial charge >= 0.3 is 0 Å². The minimum Gasteiger partial charge on any atom is -0.338 e. The number of para-hydroxylation sites is 2. The van der Waals surface area contributed by atoms with Crippen LogP contribution in [0, 0.1) is 6.92 Å². The quantitative estimate of drug-likeness (QED) is 0.866. The van der Waals surface area contributed by atoms with Gasteiger partial charge in [-0.15, -0.1) is 0 Å². The normalized spacial score (nSPS) is 16.1. The lowest BCUT2D eigenvalue weighted by Gasteiger charge is -2.33. The van der Waals surface area contributed by atoms with Crippen LogP contribution in [0.2, 0.25) is 0 Å². The second kappa shape index (κ2) is 6.51. The second-order valence-corrected chi connectivity index (χ2v) is 6.21. The van der Waals surface area contributed by atoms with Gasteiger partial charge in [-0.3, -0.25) is 4.79 Å². The van der Waals surface area contributed by atoms with Crippen molar-refractivity contribution >= 4 is 16.9 Å². The molecular formula is C18H25N3O. The highest BCUT2D eigenvalue weighted by atomic mass is 16.2. The summed E-state index contributed by atoms with van der Waals surface area (Å²) in [5.41, 5.74) is 2.02. The van der Waals surface area contributed by atoms with Gasteiger partial charge in [0.25, 0.3) is 0 Å². The molecule has 0 saturated heterocycles. The second-order valence-electron chi connectivity index (χ2n) is 6.21. The van der Waals surface area contributed by atoms with Gasteiger partial charge in [-0.2, -0.15) is 0 Å². The summed E-state index contributed by atoms with van der Waals surface area (Å²) in [5.74, 6) is 1.13. The number of hydrogen-bond donors (Lipinski definition) is 0. The Hall–Kier alpha value is -1.84. The van der Waals surface area contributed by atoms with Crippen LogP contribution >= 0.6 is 0 Å². The number of aryl methyl sites for hydroxylation is 1. The Bertz CT molecular complexity index is 655. The summed E-state index contributed by atoms with van der Waals surface area (Å²) in [6.45, 7) is 5.27. The van der Waals surface area contributed by atoms with Gasteiger partial charge in [0.15, 0.2) is 0 Å². The summed E-state index contributed by atoms with van der Waals surface area (Å²) in [6, 6.07) is 8.47. The zero-order chi connectivity index (χ0) is 15.5. The van der Waals surface area contributed by atoms with Gasteiger partial charge in [-0.25, -0.2) is 4.98 Å². The SMILES string of the molecule is CCN(C(=O)Cn1c(C)nc2ccccc21)C1CCCCC1. The maximum atomic E-state index is 12.8. The topological polar surface area (TPSA) is 38.1 Å². The number of fused-ring (bicyclic) bond motifs is 1. The van der Waals surface area contributed by atoms with Gasteiger partial charge in [-0.05, 0) is 38.8 Å². The third-order valence-corrected chi connectivity index (χ3v) is 4.82. The number of imidazole rings is 1. The molecule has 1 aliphatic rings. The molecule has 0 bridgehead atoms. The fourth-order valence-corrected chi connectivity index (χ4v) is 3.65. The van der Waals surface area contributed by atoms with Crippen LogP contribution in [-0.4, -0.2) is 32.9 Å². The Morgan fingerprint density at radius 3 is 2.73 bits per heavy atom. The third-order valence-electron chi connectivity index (χ3n) is 4.82. The smallest absolute Gasteiger partial charge is 0.242 e. The molecule has 2 aromatic rings. The number of amides is 1. The number of nitrogens with zero attached hydrogens (tertiary/aromatic N) is 3.